The molecule has 0 aliphatic carbocycles. The predicted molar refractivity (Wildman–Crippen MR) is 252 cm³/mol. The number of carbonyl (C=O) groups is 2. The first kappa shape index (κ1) is 58.2. The first-order chi connectivity index (χ1) is 33.7. The molecule has 392 valence electrons. The Morgan fingerprint density at radius 1 is 0.676 bits per heavy atom. The zero-order valence-electron chi connectivity index (χ0n) is 41.8. The summed E-state index contributed by atoms with van der Waals surface area (Å²) in [4.78, 5) is 48.0. The standard InChI is InChI=1S/C23H33N2O10P.C22H29N2O10P/c1-13-11-17(18(33-13)12-32-36(7)31-10-8-9-24)35-23(26)34-16(4)19-14(2)21(29-5)22(30-6)15(3)20(19)25(27)28;1-12-9-16(17(32-12)10-31-35(5)30-8-6-7-23)34-22(25)33-15(4)18-13(2)20-21(29-11-28-20)14(3)19(18)24(26)27/h13,16-18H,8,10-12H2,1-7H3;12,15-17H,6,8-11H2,1-5H3/t13-,16?,17?,18+,36?;12-,15?,16?,17+,35?/m00/s1. The molecule has 3 heterocycles. The number of fused-ring (bicyclic) bond motifs is 1. The molecule has 2 fully saturated rings. The van der Waals surface area contributed by atoms with Gasteiger partial charge in [-0.15, -0.1) is 0 Å². The second-order valence-electron chi connectivity index (χ2n) is 16.4. The molecule has 0 amide bonds. The van der Waals surface area contributed by atoms with Gasteiger partial charge in [0.15, 0.2) is 39.7 Å². The fraction of sp³-hybridized carbons (Fsp3) is 0.644. The molecular formula is C45H62N4O20P2. The molecule has 3 aliphatic heterocycles. The van der Waals surface area contributed by atoms with Gasteiger partial charge in [0.25, 0.3) is 11.4 Å². The highest BCUT2D eigenvalue weighted by molar-refractivity contribution is 7.46. The molecule has 24 nitrogen and oxygen atoms in total. The Balaban J connectivity index is 0.000000309. The lowest BCUT2D eigenvalue weighted by Gasteiger charge is -2.23. The van der Waals surface area contributed by atoms with E-state index < -0.39 is 75.5 Å². The minimum atomic E-state index is -1.22. The molecular weight excluding hydrogens is 978 g/mol. The molecule has 6 unspecified atom stereocenters. The number of nitriles is 2. The maximum atomic E-state index is 12.7. The van der Waals surface area contributed by atoms with Crippen LogP contribution in [0.2, 0.25) is 0 Å². The Hall–Kier alpha value is -5.42. The van der Waals surface area contributed by atoms with E-state index in [-0.39, 0.29) is 92.1 Å². The van der Waals surface area contributed by atoms with E-state index in [1.54, 1.807) is 41.0 Å². The van der Waals surface area contributed by atoms with Crippen LogP contribution in [0.15, 0.2) is 0 Å². The molecule has 0 N–H and O–H groups in total. The minimum Gasteiger partial charge on any atom is -0.493 e. The van der Waals surface area contributed by atoms with Gasteiger partial charge in [-0.25, -0.2) is 9.59 Å². The number of nitro benzene ring substituents is 2. The third-order valence-electron chi connectivity index (χ3n) is 11.4. The SMILES string of the molecule is COc1c(C)c(C(C)OC(=O)OC2C[C@H](C)O[C@@H]2COP(C)OCCC#N)c([N+](=O)[O-])c(C)c1OC.Cc1c2c(c(C)c([N+](=O)[O-])c1C(C)OC(=O)OC1C[C@H](C)O[C@@H]1COP(C)OCCC#N)OCO2. The van der Waals surface area contributed by atoms with Gasteiger partial charge in [0.1, 0.15) is 36.6 Å². The number of hydrogen-bond donors (Lipinski definition) is 0. The largest absolute Gasteiger partial charge is 0.509 e. The van der Waals surface area contributed by atoms with Crippen molar-refractivity contribution in [3.05, 3.63) is 53.6 Å². The van der Waals surface area contributed by atoms with Crippen molar-refractivity contribution in [2.24, 2.45) is 0 Å². The normalized spacial score (nSPS) is 21.5. The summed E-state index contributed by atoms with van der Waals surface area (Å²) in [7, 11) is 0.394. The first-order valence-electron chi connectivity index (χ1n) is 22.4. The van der Waals surface area contributed by atoms with Gasteiger partial charge in [-0.1, -0.05) is 0 Å². The maximum absolute atomic E-state index is 12.7. The molecule has 0 radical (unpaired) electrons. The highest BCUT2D eigenvalue weighted by Gasteiger charge is 2.41. The summed E-state index contributed by atoms with van der Waals surface area (Å²) in [5.74, 6) is 1.28. The molecule has 71 heavy (non-hydrogen) atoms. The van der Waals surface area contributed by atoms with Gasteiger partial charge in [-0.2, -0.15) is 10.5 Å². The zero-order valence-corrected chi connectivity index (χ0v) is 43.6. The summed E-state index contributed by atoms with van der Waals surface area (Å²) < 4.78 is 77.4. The molecule has 0 saturated carbocycles. The van der Waals surface area contributed by atoms with E-state index in [9.17, 15) is 29.8 Å². The van der Waals surface area contributed by atoms with Crippen LogP contribution in [0.5, 0.6) is 23.0 Å². The quantitative estimate of drug-likeness (QED) is 0.0348. The van der Waals surface area contributed by atoms with Crippen molar-refractivity contribution >= 4 is 40.4 Å². The van der Waals surface area contributed by atoms with Gasteiger partial charge in [0, 0.05) is 37.3 Å². The molecule has 2 aromatic carbocycles. The number of benzene rings is 2. The number of nitrogens with zero attached hydrogens (tertiary/aromatic N) is 4. The lowest BCUT2D eigenvalue weighted by Crippen LogP contribution is -2.31. The lowest BCUT2D eigenvalue weighted by atomic mass is 9.96. The van der Waals surface area contributed by atoms with Crippen LogP contribution in [0.25, 0.3) is 0 Å². The van der Waals surface area contributed by atoms with Crippen molar-refractivity contribution in [2.75, 3.05) is 60.8 Å². The van der Waals surface area contributed by atoms with E-state index in [1.165, 1.54) is 28.1 Å². The highest BCUT2D eigenvalue weighted by atomic mass is 31.2. The van der Waals surface area contributed by atoms with Crippen LogP contribution < -0.4 is 18.9 Å². The van der Waals surface area contributed by atoms with Crippen LogP contribution in [0.3, 0.4) is 0 Å². The Bertz CT molecular complexity index is 2290. The molecule has 2 saturated heterocycles. The molecule has 3 aliphatic rings. The summed E-state index contributed by atoms with van der Waals surface area (Å²) in [5, 5.41) is 40.9. The van der Waals surface area contributed by atoms with Crippen LogP contribution in [0.4, 0.5) is 21.0 Å². The minimum absolute atomic E-state index is 0.0401. The number of nitro groups is 2. The average Bonchev–Trinajstić information content (AvgIpc) is 4.04. The van der Waals surface area contributed by atoms with Gasteiger partial charge in [-0.3, -0.25) is 20.2 Å². The van der Waals surface area contributed by atoms with Crippen LogP contribution in [0, 0.1) is 70.6 Å². The molecule has 0 aromatic heterocycles. The third kappa shape index (κ3) is 15.3. The maximum Gasteiger partial charge on any atom is 0.509 e. The van der Waals surface area contributed by atoms with Crippen LogP contribution in [-0.2, 0) is 46.5 Å². The molecule has 0 bridgehead atoms. The molecule has 5 rings (SSSR count). The number of rotatable bonds is 22. The van der Waals surface area contributed by atoms with Crippen molar-refractivity contribution < 1.29 is 84.9 Å². The van der Waals surface area contributed by atoms with E-state index in [4.69, 9.17) is 76.0 Å². The van der Waals surface area contributed by atoms with Crippen LogP contribution in [0.1, 0.15) is 99.0 Å². The zero-order chi connectivity index (χ0) is 52.7. The van der Waals surface area contributed by atoms with Crippen molar-refractivity contribution in [2.45, 2.75) is 130 Å². The van der Waals surface area contributed by atoms with Gasteiger partial charge in [0.2, 0.25) is 6.79 Å². The highest BCUT2D eigenvalue weighted by Crippen LogP contribution is 2.49. The number of hydrogen-bond acceptors (Lipinski definition) is 22. The number of carbonyl (C=O) groups excluding carboxylic acids is 2. The van der Waals surface area contributed by atoms with Crippen molar-refractivity contribution in [3.63, 3.8) is 0 Å². The molecule has 0 spiro atoms. The third-order valence-corrected chi connectivity index (χ3v) is 13.5. The molecule has 10 atom stereocenters. The van der Waals surface area contributed by atoms with E-state index in [1.807, 2.05) is 26.0 Å². The Morgan fingerprint density at radius 3 is 1.48 bits per heavy atom. The van der Waals surface area contributed by atoms with Gasteiger partial charge in [0.05, 0.1) is 110 Å². The second-order valence-corrected chi connectivity index (χ2v) is 19.2. The van der Waals surface area contributed by atoms with E-state index in [0.717, 1.165) is 0 Å². The smallest absolute Gasteiger partial charge is 0.493 e. The Morgan fingerprint density at radius 2 is 1.07 bits per heavy atom. The summed E-state index contributed by atoms with van der Waals surface area (Å²) in [5.41, 5.74) is 1.44. The fourth-order valence-corrected chi connectivity index (χ4v) is 9.87. The average molecular weight is 1040 g/mol. The van der Waals surface area contributed by atoms with E-state index in [2.05, 4.69) is 0 Å². The topological polar surface area (TPSA) is 297 Å². The van der Waals surface area contributed by atoms with Crippen molar-refractivity contribution in [3.8, 4) is 35.1 Å². The van der Waals surface area contributed by atoms with Crippen molar-refractivity contribution in [1.29, 1.82) is 10.5 Å². The van der Waals surface area contributed by atoms with Crippen LogP contribution in [-0.4, -0.2) is 120 Å². The van der Waals surface area contributed by atoms with E-state index >= 15 is 0 Å². The summed E-state index contributed by atoms with van der Waals surface area (Å²) in [6.45, 7) is 17.5. The Kier molecular flexibility index (Phi) is 22.5. The molecule has 26 heteroatoms. The number of ether oxygens (including phenoxy) is 10. The van der Waals surface area contributed by atoms with Crippen LogP contribution >= 0.6 is 16.8 Å². The van der Waals surface area contributed by atoms with Gasteiger partial charge >= 0.3 is 12.3 Å². The van der Waals surface area contributed by atoms with Crippen molar-refractivity contribution in [1.82, 2.24) is 0 Å². The van der Waals surface area contributed by atoms with Gasteiger partial charge < -0.3 is 65.5 Å². The summed E-state index contributed by atoms with van der Waals surface area (Å²) >= 11 is 0. The molecule has 2 aromatic rings. The van der Waals surface area contributed by atoms with E-state index in [0.29, 0.717) is 46.8 Å². The number of methoxy groups -OCH3 is 2. The lowest BCUT2D eigenvalue weighted by molar-refractivity contribution is -0.386. The second kappa shape index (κ2) is 27.4. The first-order valence-corrected chi connectivity index (χ1v) is 25.7. The predicted octanol–water partition coefficient (Wildman–Crippen LogP) is 9.47. The Labute approximate surface area is 414 Å². The summed E-state index contributed by atoms with van der Waals surface area (Å²) in [6.07, 6.45) is -5.21. The monoisotopic (exact) mass is 1040 g/mol. The van der Waals surface area contributed by atoms with Gasteiger partial charge in [-0.05, 0) is 55.4 Å². The summed E-state index contributed by atoms with van der Waals surface area (Å²) in [6, 6.07) is 3.99. The fourth-order valence-electron chi connectivity index (χ4n) is 8.31.